The Morgan fingerprint density at radius 1 is 0.750 bits per heavy atom. The number of furan rings is 1. The zero-order valence-electron chi connectivity index (χ0n) is 42.4. The maximum absolute atomic E-state index is 13.5. The molecule has 0 spiro atoms. The molecule has 1 radical (unpaired) electrons. The van der Waals surface area contributed by atoms with Gasteiger partial charge < -0.3 is 14.4 Å². The number of nitrogens with zero attached hydrogens (tertiary/aromatic N) is 2. The molecule has 3 heterocycles. The largest absolute Gasteiger partial charge is 0.500 e. The Hall–Kier alpha value is -5.00. The summed E-state index contributed by atoms with van der Waals surface area (Å²) in [6.07, 6.45) is 0.553. The molecule has 0 N–H and O–H groups in total. The van der Waals surface area contributed by atoms with Crippen molar-refractivity contribution in [3.63, 3.8) is 0 Å². The molecule has 6 heteroatoms. The van der Waals surface area contributed by atoms with E-state index in [2.05, 4.69) is 108 Å². The van der Waals surface area contributed by atoms with Crippen molar-refractivity contribution in [2.75, 3.05) is 0 Å². The molecular weight excluding hydrogens is 932 g/mol. The van der Waals surface area contributed by atoms with Crippen molar-refractivity contribution < 1.29 is 38.5 Å². The van der Waals surface area contributed by atoms with Crippen LogP contribution in [0.5, 0.6) is 0 Å². The summed E-state index contributed by atoms with van der Waals surface area (Å²) in [6, 6.07) is 42.6. The molecule has 8 aromatic rings. The second-order valence-electron chi connectivity index (χ2n) is 17.4. The van der Waals surface area contributed by atoms with Gasteiger partial charge in [0.25, 0.3) is 0 Å². The Kier molecular flexibility index (Phi) is 11.1. The van der Waals surface area contributed by atoms with Crippen LogP contribution >= 0.6 is 0 Å². The van der Waals surface area contributed by atoms with Crippen LogP contribution in [0.4, 0.5) is 4.39 Å². The molecule has 309 valence electrons. The number of hydrogen-bond acceptors (Lipinski definition) is 3. The molecule has 0 atom stereocenters. The predicted molar refractivity (Wildman–Crippen MR) is 248 cm³/mol. The fraction of sp³-hybridized carbons (Fsp3) is 0.259. The van der Waals surface area contributed by atoms with E-state index in [0.717, 1.165) is 39.1 Å². The van der Waals surface area contributed by atoms with Gasteiger partial charge in [-0.25, -0.2) is 4.39 Å². The van der Waals surface area contributed by atoms with E-state index >= 15 is 0 Å². The molecule has 0 saturated heterocycles. The van der Waals surface area contributed by atoms with Gasteiger partial charge in [-0.2, -0.15) is 0 Å². The first kappa shape index (κ1) is 35.7. The van der Waals surface area contributed by atoms with Crippen LogP contribution in [0, 0.1) is 36.1 Å². The molecule has 0 aliphatic rings. The molecule has 5 aromatic carbocycles. The van der Waals surface area contributed by atoms with E-state index in [-0.39, 0.29) is 43.0 Å². The minimum Gasteiger partial charge on any atom is -0.500 e. The summed E-state index contributed by atoms with van der Waals surface area (Å²) in [5.74, 6) is -0.507. The van der Waals surface area contributed by atoms with E-state index in [9.17, 15) is 4.39 Å². The van der Waals surface area contributed by atoms with E-state index in [1.54, 1.807) is 45.2 Å². The predicted octanol–water partition coefficient (Wildman–Crippen LogP) is 14.0. The average Bonchev–Trinajstić information content (AvgIpc) is 3.63. The van der Waals surface area contributed by atoms with Gasteiger partial charge in [-0.15, -0.1) is 53.6 Å². The molecule has 0 fully saturated rings. The third-order valence-corrected chi connectivity index (χ3v) is 11.8. The second kappa shape index (κ2) is 18.7. The number of aromatic nitrogens is 2. The van der Waals surface area contributed by atoms with E-state index in [1.807, 2.05) is 26.0 Å². The standard InChI is InChI=1S/C36H32NO.C18H23FNSi.Ir/c1-24-23-37-33(20-30(24)22-36(2,3)4)29-14-16-34-32(19-29)31-15-13-28(21-35(31)38-34)27-12-8-11-26(18-27)17-25-9-6-5-7-10-25;1-13(2)9-15-11-17(14-7-6-8-16(19)10-14)20-12-18(15)21(3,4)5;/h5-13,15-16,18-21,23H,17,22H2,1-4H3;6,8,10-13H,9H2,1-5H3;/q2*-1;/i1D3,22D2;9D2;. The van der Waals surface area contributed by atoms with Crippen LogP contribution < -0.4 is 5.19 Å². The number of hydrogen-bond donors (Lipinski definition) is 0. The maximum atomic E-state index is 13.5. The van der Waals surface area contributed by atoms with Crippen LogP contribution in [0.3, 0.4) is 0 Å². The molecule has 8 rings (SSSR count). The van der Waals surface area contributed by atoms with Crippen LogP contribution in [0.15, 0.2) is 132 Å². The Labute approximate surface area is 380 Å². The fourth-order valence-corrected chi connectivity index (χ4v) is 8.47. The summed E-state index contributed by atoms with van der Waals surface area (Å²) in [7, 11) is -1.76. The average molecular weight is 994 g/mol. The maximum Gasteiger partial charge on any atom is 0.121 e. The molecule has 3 aromatic heterocycles. The van der Waals surface area contributed by atoms with Gasteiger partial charge in [-0.3, -0.25) is 0 Å². The minimum absolute atomic E-state index is 0. The minimum atomic E-state index is -2.49. The summed E-state index contributed by atoms with van der Waals surface area (Å²) < 4.78 is 78.4. The van der Waals surface area contributed by atoms with Crippen molar-refractivity contribution in [1.82, 2.24) is 9.97 Å². The van der Waals surface area contributed by atoms with Crippen LogP contribution in [0.2, 0.25) is 19.6 Å². The van der Waals surface area contributed by atoms with Gasteiger partial charge in [0.2, 0.25) is 0 Å². The molecule has 60 heavy (non-hydrogen) atoms. The molecule has 3 nitrogen and oxygen atoms in total. The summed E-state index contributed by atoms with van der Waals surface area (Å²) in [6.45, 7) is 13.1. The number of rotatable bonds is 9. The van der Waals surface area contributed by atoms with Gasteiger partial charge in [0.15, 0.2) is 0 Å². The molecule has 0 bridgehead atoms. The summed E-state index contributed by atoms with van der Waals surface area (Å²) in [4.78, 5) is 8.91. The number of halogens is 1. The van der Waals surface area contributed by atoms with E-state index in [4.69, 9.17) is 14.0 Å². The number of pyridine rings is 2. The van der Waals surface area contributed by atoms with Crippen LogP contribution in [-0.4, -0.2) is 18.0 Å². The van der Waals surface area contributed by atoms with Crippen molar-refractivity contribution >= 4 is 35.2 Å². The molecular formula is C54H55FIrN2OSi-2. The monoisotopic (exact) mass is 994 g/mol. The van der Waals surface area contributed by atoms with Crippen LogP contribution in [-0.2, 0) is 39.3 Å². The molecule has 0 saturated carbocycles. The van der Waals surface area contributed by atoms with Crippen molar-refractivity contribution in [1.29, 1.82) is 0 Å². The first-order chi connectivity index (χ1) is 30.8. The molecule has 0 amide bonds. The van der Waals surface area contributed by atoms with Crippen molar-refractivity contribution in [2.24, 2.45) is 11.3 Å². The van der Waals surface area contributed by atoms with Crippen LogP contribution in [0.25, 0.3) is 55.6 Å². The van der Waals surface area contributed by atoms with Gasteiger partial charge in [-0.1, -0.05) is 150 Å². The number of fused-ring (bicyclic) bond motifs is 3. The number of aryl methyl sites for hydroxylation is 1. The molecule has 0 aliphatic heterocycles. The first-order valence-corrected chi connectivity index (χ1v) is 23.6. The Morgan fingerprint density at radius 3 is 2.15 bits per heavy atom. The van der Waals surface area contributed by atoms with Crippen LogP contribution in [0.1, 0.15) is 72.0 Å². The van der Waals surface area contributed by atoms with Gasteiger partial charge in [0, 0.05) is 53.3 Å². The van der Waals surface area contributed by atoms with Crippen molar-refractivity contribution in [3.8, 4) is 33.6 Å². The van der Waals surface area contributed by atoms with Gasteiger partial charge in [0.1, 0.15) is 5.58 Å². The molecule has 0 unspecified atom stereocenters. The van der Waals surface area contributed by atoms with Crippen molar-refractivity contribution in [3.05, 3.63) is 173 Å². The van der Waals surface area contributed by atoms with E-state index in [1.165, 1.54) is 35.5 Å². The Balaban J connectivity index is 0.000000262. The third-order valence-electron chi connectivity index (χ3n) is 9.80. The summed E-state index contributed by atoms with van der Waals surface area (Å²) in [5.41, 5.74) is 8.19. The van der Waals surface area contributed by atoms with E-state index < -0.39 is 33.1 Å². The summed E-state index contributed by atoms with van der Waals surface area (Å²) in [5, 5.41) is 2.84. The SMILES string of the molecule is [2H]C([2H])([2H])c1cnc(-c2[c-]cc3oc4cc(-c5cccc(Cc6ccccc6)c5)ccc4c3c2)cc1C([2H])([2H])C(C)(C)C.[2H]C([2H])(c1cc(-c2[c-]ccc(F)c2)ncc1[Si](C)(C)C)C(C)C.[Ir]. The third kappa shape index (κ3) is 11.0. The van der Waals surface area contributed by atoms with Crippen molar-refractivity contribution in [2.45, 2.75) is 80.3 Å². The topological polar surface area (TPSA) is 38.9 Å². The zero-order valence-corrected chi connectivity index (χ0v) is 38.8. The van der Waals surface area contributed by atoms with Gasteiger partial charge >= 0.3 is 0 Å². The summed E-state index contributed by atoms with van der Waals surface area (Å²) >= 11 is 0. The second-order valence-corrected chi connectivity index (χ2v) is 22.4. The number of benzene rings is 5. The Morgan fingerprint density at radius 2 is 1.45 bits per heavy atom. The Bertz CT molecular complexity index is 3030. The fourth-order valence-electron chi connectivity index (χ4n) is 7.07. The van der Waals surface area contributed by atoms with Gasteiger partial charge in [-0.05, 0) is 87.8 Å². The van der Waals surface area contributed by atoms with E-state index in [0.29, 0.717) is 33.7 Å². The smallest absolute Gasteiger partial charge is 0.121 e. The molecule has 0 aliphatic carbocycles. The quantitative estimate of drug-likeness (QED) is 0.107. The van der Waals surface area contributed by atoms with Gasteiger partial charge in [0.05, 0.1) is 13.7 Å². The first-order valence-electron chi connectivity index (χ1n) is 23.6. The normalized spacial score (nSPS) is 14.1. The zero-order chi connectivity index (χ0) is 48.0.